The first-order valence-electron chi connectivity index (χ1n) is 7.25. The largest absolute Gasteiger partial charge is 0.491 e. The Morgan fingerprint density at radius 2 is 2.05 bits per heavy atom. The molecule has 1 heterocycles. The fraction of sp³-hybridized carbons (Fsp3) is 0.533. The van der Waals surface area contributed by atoms with Crippen molar-refractivity contribution in [1.29, 1.82) is 0 Å². The Hall–Kier alpha value is -2.11. The van der Waals surface area contributed by atoms with E-state index in [1.54, 1.807) is 0 Å². The third kappa shape index (κ3) is 5.06. The molecule has 21 heavy (non-hydrogen) atoms. The average molecular weight is 292 g/mol. The van der Waals surface area contributed by atoms with E-state index >= 15 is 0 Å². The van der Waals surface area contributed by atoms with E-state index in [2.05, 4.69) is 10.3 Å². The highest BCUT2D eigenvalue weighted by atomic mass is 16.5. The monoisotopic (exact) mass is 292 g/mol. The number of rotatable bonds is 6. The average Bonchev–Trinajstić information content (AvgIpc) is 2.48. The zero-order valence-corrected chi connectivity index (χ0v) is 11.9. The van der Waals surface area contributed by atoms with E-state index in [1.165, 1.54) is 37.7 Å². The molecule has 6 nitrogen and oxygen atoms in total. The quantitative estimate of drug-likeness (QED) is 0.837. The van der Waals surface area contributed by atoms with Gasteiger partial charge in [-0.2, -0.15) is 0 Å². The van der Waals surface area contributed by atoms with Crippen LogP contribution in [0.5, 0.6) is 5.75 Å². The molecule has 0 spiro atoms. The summed E-state index contributed by atoms with van der Waals surface area (Å²) < 4.78 is 5.37. The van der Waals surface area contributed by atoms with Gasteiger partial charge in [0.25, 0.3) is 0 Å². The molecule has 2 rings (SSSR count). The number of aromatic nitrogens is 1. The Morgan fingerprint density at radius 1 is 1.29 bits per heavy atom. The summed E-state index contributed by atoms with van der Waals surface area (Å²) in [6.45, 7) is 0.212. The van der Waals surface area contributed by atoms with E-state index in [-0.39, 0.29) is 24.5 Å². The normalized spacial score (nSPS) is 15.4. The summed E-state index contributed by atoms with van der Waals surface area (Å²) in [6.07, 6.45) is 8.66. The number of hydrogen-bond acceptors (Lipinski definition) is 4. The van der Waals surface area contributed by atoms with Gasteiger partial charge in [0.1, 0.15) is 5.75 Å². The first kappa shape index (κ1) is 15.3. The zero-order chi connectivity index (χ0) is 15.1. The minimum atomic E-state index is -1.05. The number of pyridine rings is 1. The topological polar surface area (TPSA) is 88.5 Å². The number of carbonyl (C=O) groups excluding carboxylic acids is 1. The van der Waals surface area contributed by atoms with Crippen molar-refractivity contribution in [1.82, 2.24) is 10.3 Å². The Labute approximate surface area is 123 Å². The molecule has 0 unspecified atom stereocenters. The zero-order valence-electron chi connectivity index (χ0n) is 11.9. The van der Waals surface area contributed by atoms with Crippen molar-refractivity contribution in [3.8, 4) is 5.75 Å². The third-order valence-electron chi connectivity index (χ3n) is 3.53. The second kappa shape index (κ2) is 7.61. The van der Waals surface area contributed by atoms with Crippen LogP contribution in [0.25, 0.3) is 0 Å². The van der Waals surface area contributed by atoms with Gasteiger partial charge in [-0.3, -0.25) is 9.78 Å². The van der Waals surface area contributed by atoms with Gasteiger partial charge in [-0.15, -0.1) is 0 Å². The molecule has 0 radical (unpaired) electrons. The van der Waals surface area contributed by atoms with Crippen molar-refractivity contribution in [2.45, 2.75) is 44.6 Å². The molecule has 0 saturated heterocycles. The van der Waals surface area contributed by atoms with E-state index < -0.39 is 5.97 Å². The summed E-state index contributed by atoms with van der Waals surface area (Å²) in [5, 5.41) is 11.9. The molecule has 0 atom stereocenters. The van der Waals surface area contributed by atoms with Crippen LogP contribution in [0.3, 0.4) is 0 Å². The first-order chi connectivity index (χ1) is 10.1. The van der Waals surface area contributed by atoms with Gasteiger partial charge in [-0.05, 0) is 18.9 Å². The standard InChI is InChI=1S/C15H20N2O4/c18-14(17-12-4-2-1-3-5-12)6-7-21-13-8-11(15(19)20)9-16-10-13/h8-10,12H,1-7H2,(H,17,18)(H,19,20). The molecule has 0 bridgehead atoms. The Kier molecular flexibility index (Phi) is 5.54. The fourth-order valence-electron chi connectivity index (χ4n) is 2.42. The molecular weight excluding hydrogens is 272 g/mol. The summed E-state index contributed by atoms with van der Waals surface area (Å²) in [5.41, 5.74) is 0.0687. The van der Waals surface area contributed by atoms with Crippen LogP contribution >= 0.6 is 0 Å². The van der Waals surface area contributed by atoms with Gasteiger partial charge >= 0.3 is 5.97 Å². The summed E-state index contributed by atoms with van der Waals surface area (Å²) in [4.78, 5) is 26.4. The Morgan fingerprint density at radius 3 is 2.76 bits per heavy atom. The van der Waals surface area contributed by atoms with E-state index in [9.17, 15) is 9.59 Å². The molecule has 1 aromatic rings. The molecule has 0 aromatic carbocycles. The van der Waals surface area contributed by atoms with Crippen LogP contribution in [0.15, 0.2) is 18.5 Å². The van der Waals surface area contributed by atoms with Crippen LogP contribution in [-0.2, 0) is 4.79 Å². The van der Waals surface area contributed by atoms with Crippen molar-refractivity contribution in [2.75, 3.05) is 6.61 Å². The summed E-state index contributed by atoms with van der Waals surface area (Å²) in [7, 11) is 0. The van der Waals surface area contributed by atoms with Crippen LogP contribution in [0.4, 0.5) is 0 Å². The number of aromatic carboxylic acids is 1. The second-order valence-corrected chi connectivity index (χ2v) is 5.22. The van der Waals surface area contributed by atoms with Gasteiger partial charge in [0.05, 0.1) is 24.8 Å². The lowest BCUT2D eigenvalue weighted by molar-refractivity contribution is -0.122. The third-order valence-corrected chi connectivity index (χ3v) is 3.53. The number of amides is 1. The molecule has 1 saturated carbocycles. The highest BCUT2D eigenvalue weighted by Crippen LogP contribution is 2.17. The number of nitrogens with one attached hydrogen (secondary N) is 1. The van der Waals surface area contributed by atoms with Crippen molar-refractivity contribution >= 4 is 11.9 Å². The van der Waals surface area contributed by atoms with Crippen LogP contribution < -0.4 is 10.1 Å². The maximum absolute atomic E-state index is 11.8. The van der Waals surface area contributed by atoms with Gasteiger partial charge in [0, 0.05) is 12.2 Å². The molecule has 1 fully saturated rings. The molecule has 1 aliphatic rings. The molecule has 1 aliphatic carbocycles. The number of carboxylic acids is 1. The first-order valence-corrected chi connectivity index (χ1v) is 7.25. The smallest absolute Gasteiger partial charge is 0.337 e. The van der Waals surface area contributed by atoms with Crippen LogP contribution in [0.2, 0.25) is 0 Å². The van der Waals surface area contributed by atoms with E-state index in [0.717, 1.165) is 12.8 Å². The number of nitrogens with zero attached hydrogens (tertiary/aromatic N) is 1. The maximum atomic E-state index is 11.8. The van der Waals surface area contributed by atoms with Gasteiger partial charge in [-0.1, -0.05) is 19.3 Å². The number of carboxylic acid groups (broad SMARTS) is 1. The molecular formula is C15H20N2O4. The summed E-state index contributed by atoms with van der Waals surface area (Å²) >= 11 is 0. The number of hydrogen-bond donors (Lipinski definition) is 2. The molecule has 2 N–H and O–H groups in total. The Bertz CT molecular complexity index is 498. The van der Waals surface area contributed by atoms with Crippen LogP contribution in [0, 0.1) is 0 Å². The predicted octanol–water partition coefficient (Wildman–Crippen LogP) is 2.00. The van der Waals surface area contributed by atoms with Crippen LogP contribution in [-0.4, -0.2) is 34.6 Å². The van der Waals surface area contributed by atoms with Crippen molar-refractivity contribution in [3.05, 3.63) is 24.0 Å². The molecule has 114 valence electrons. The number of ether oxygens (including phenoxy) is 1. The second-order valence-electron chi connectivity index (χ2n) is 5.22. The predicted molar refractivity (Wildman–Crippen MR) is 76.3 cm³/mol. The van der Waals surface area contributed by atoms with Crippen molar-refractivity contribution in [2.24, 2.45) is 0 Å². The minimum absolute atomic E-state index is 0.0238. The number of carbonyl (C=O) groups is 2. The summed E-state index contributed by atoms with van der Waals surface area (Å²) in [5.74, 6) is -0.715. The molecule has 1 aromatic heterocycles. The minimum Gasteiger partial charge on any atom is -0.491 e. The SMILES string of the molecule is O=C(CCOc1cncc(C(=O)O)c1)NC1CCCCC1. The van der Waals surface area contributed by atoms with Gasteiger partial charge < -0.3 is 15.2 Å². The van der Waals surface area contributed by atoms with Crippen molar-refractivity contribution in [3.63, 3.8) is 0 Å². The molecule has 6 heteroatoms. The lowest BCUT2D eigenvalue weighted by atomic mass is 9.95. The lowest BCUT2D eigenvalue weighted by Crippen LogP contribution is -2.36. The molecule has 1 amide bonds. The van der Waals surface area contributed by atoms with Crippen LogP contribution in [0.1, 0.15) is 48.9 Å². The Balaban J connectivity index is 1.72. The highest BCUT2D eigenvalue weighted by Gasteiger charge is 2.15. The maximum Gasteiger partial charge on any atom is 0.337 e. The highest BCUT2D eigenvalue weighted by molar-refractivity contribution is 5.87. The lowest BCUT2D eigenvalue weighted by Gasteiger charge is -2.22. The van der Waals surface area contributed by atoms with Crippen molar-refractivity contribution < 1.29 is 19.4 Å². The van der Waals surface area contributed by atoms with Gasteiger partial charge in [0.2, 0.25) is 5.91 Å². The van der Waals surface area contributed by atoms with E-state index in [1.807, 2.05) is 0 Å². The van der Waals surface area contributed by atoms with E-state index in [4.69, 9.17) is 9.84 Å². The van der Waals surface area contributed by atoms with Gasteiger partial charge in [0.15, 0.2) is 0 Å². The van der Waals surface area contributed by atoms with Gasteiger partial charge in [-0.25, -0.2) is 4.79 Å². The fourth-order valence-corrected chi connectivity index (χ4v) is 2.42. The van der Waals surface area contributed by atoms with E-state index in [0.29, 0.717) is 11.8 Å². The molecule has 0 aliphatic heterocycles. The summed E-state index contributed by atoms with van der Waals surface area (Å²) in [6, 6.07) is 1.69.